The van der Waals surface area contributed by atoms with Gasteiger partial charge in [-0.2, -0.15) is 0 Å². The summed E-state index contributed by atoms with van der Waals surface area (Å²) in [6.07, 6.45) is 1.15. The number of allylic oxidation sites excluding steroid dienone is 1. The summed E-state index contributed by atoms with van der Waals surface area (Å²) in [5.41, 5.74) is 2.03. The van der Waals surface area contributed by atoms with Gasteiger partial charge in [-0.3, -0.25) is 0 Å². The summed E-state index contributed by atoms with van der Waals surface area (Å²) in [4.78, 5) is 0. The average molecular weight is 369 g/mol. The molecule has 0 aromatic carbocycles. The fraction of sp³-hybridized carbons (Fsp3) is 0.824. The van der Waals surface area contributed by atoms with Gasteiger partial charge in [0.2, 0.25) is 0 Å². The molecule has 0 amide bonds. The van der Waals surface area contributed by atoms with E-state index in [9.17, 15) is 0 Å². The SMILES string of the molecule is C=C(CC(C)C(C)(C)C)C(C)(C)C.C[PH+](C)C.[CH3-].[Cl][Ni]. The fourth-order valence-corrected chi connectivity index (χ4v) is 0.982. The minimum atomic E-state index is 0. The summed E-state index contributed by atoms with van der Waals surface area (Å²) < 4.78 is 0. The summed E-state index contributed by atoms with van der Waals surface area (Å²) in [5.74, 6) is 0.708. The molecule has 0 aromatic rings. The first kappa shape index (κ1) is 29.0. The molecule has 0 nitrogen and oxygen atoms in total. The van der Waals surface area contributed by atoms with Crippen LogP contribution in [0, 0.1) is 24.2 Å². The van der Waals surface area contributed by atoms with Crippen molar-refractivity contribution in [2.75, 3.05) is 20.0 Å². The molecule has 20 heavy (non-hydrogen) atoms. The molecule has 0 spiro atoms. The summed E-state index contributed by atoms with van der Waals surface area (Å²) in [6, 6.07) is 0. The third kappa shape index (κ3) is 21.3. The Labute approximate surface area is 143 Å². The van der Waals surface area contributed by atoms with Crippen LogP contribution in [0.3, 0.4) is 0 Å². The Kier molecular flexibility index (Phi) is 19.7. The van der Waals surface area contributed by atoms with Gasteiger partial charge < -0.3 is 7.43 Å². The topological polar surface area (TPSA) is 0 Å². The number of hydrogen-bond acceptors (Lipinski definition) is 0. The van der Waals surface area contributed by atoms with E-state index < -0.39 is 0 Å². The second-order valence-electron chi connectivity index (χ2n) is 7.82. The van der Waals surface area contributed by atoms with E-state index in [1.54, 1.807) is 0 Å². The van der Waals surface area contributed by atoms with Crippen molar-refractivity contribution in [1.29, 1.82) is 0 Å². The van der Waals surface area contributed by atoms with Gasteiger partial charge in [0.15, 0.2) is 0 Å². The van der Waals surface area contributed by atoms with Crippen LogP contribution < -0.4 is 0 Å². The van der Waals surface area contributed by atoms with Crippen molar-refractivity contribution in [2.45, 2.75) is 54.9 Å². The van der Waals surface area contributed by atoms with Crippen LogP contribution in [0.15, 0.2) is 12.2 Å². The molecule has 0 aliphatic rings. The van der Waals surface area contributed by atoms with Crippen LogP contribution in [0.4, 0.5) is 0 Å². The van der Waals surface area contributed by atoms with E-state index in [4.69, 9.17) is 0 Å². The van der Waals surface area contributed by atoms with Crippen LogP contribution in [0.2, 0.25) is 0 Å². The number of halogens is 1. The molecule has 0 saturated carbocycles. The molecule has 0 saturated heterocycles. The maximum absolute atomic E-state index is 4.26. The van der Waals surface area contributed by atoms with Crippen LogP contribution >= 0.6 is 18.1 Å². The van der Waals surface area contributed by atoms with Crippen molar-refractivity contribution in [3.63, 3.8) is 0 Å². The Morgan fingerprint density at radius 1 is 1.05 bits per heavy atom. The van der Waals surface area contributed by atoms with Gasteiger partial charge in [0.25, 0.3) is 0 Å². The van der Waals surface area contributed by atoms with E-state index in [0.29, 0.717) is 11.3 Å². The molecule has 0 fully saturated rings. The number of rotatable bonds is 2. The Balaban J connectivity index is -0.000000157. The van der Waals surface area contributed by atoms with Gasteiger partial charge in [0.05, 0.1) is 0 Å². The van der Waals surface area contributed by atoms with Crippen LogP contribution in [-0.4, -0.2) is 20.0 Å². The summed E-state index contributed by atoms with van der Waals surface area (Å²) in [5, 5.41) is 0. The zero-order valence-corrected chi connectivity index (χ0v) is 18.4. The van der Waals surface area contributed by atoms with E-state index in [1.165, 1.54) is 5.57 Å². The second-order valence-corrected chi connectivity index (χ2v) is 10.8. The predicted octanol–water partition coefficient (Wildman–Crippen LogP) is 6.89. The molecule has 0 N–H and O–H groups in total. The summed E-state index contributed by atoms with van der Waals surface area (Å²) in [7, 11) is 4.38. The second kappa shape index (κ2) is 13.6. The van der Waals surface area contributed by atoms with E-state index >= 15 is 0 Å². The van der Waals surface area contributed by atoms with Crippen molar-refractivity contribution >= 4 is 18.1 Å². The van der Waals surface area contributed by atoms with Crippen molar-refractivity contribution in [3.05, 3.63) is 19.6 Å². The van der Waals surface area contributed by atoms with Gasteiger partial charge in [-0.25, -0.2) is 0 Å². The zero-order chi connectivity index (χ0) is 16.4. The fourth-order valence-electron chi connectivity index (χ4n) is 0.982. The van der Waals surface area contributed by atoms with Crippen LogP contribution in [0.25, 0.3) is 0 Å². The molecule has 0 bridgehead atoms. The van der Waals surface area contributed by atoms with Crippen molar-refractivity contribution in [3.8, 4) is 0 Å². The van der Waals surface area contributed by atoms with Crippen molar-refractivity contribution in [2.24, 2.45) is 16.7 Å². The first-order chi connectivity index (χ1) is 8.28. The van der Waals surface area contributed by atoms with E-state index in [-0.39, 0.29) is 20.8 Å². The number of hydrogen-bond donors (Lipinski definition) is 0. The predicted molar refractivity (Wildman–Crippen MR) is 100 cm³/mol. The molecular formula is C17H39ClNiP. The molecule has 0 radical (unpaired) electrons. The first-order valence-corrected chi connectivity index (χ1v) is 11.2. The normalized spacial score (nSPS) is 12.3. The monoisotopic (exact) mass is 367 g/mol. The summed E-state index contributed by atoms with van der Waals surface area (Å²) >= 11 is 3.35. The van der Waals surface area contributed by atoms with Gasteiger partial charge in [-0.05, 0) is 31.1 Å². The van der Waals surface area contributed by atoms with Crippen LogP contribution in [0.5, 0.6) is 0 Å². The molecule has 1 atom stereocenters. The Bertz CT molecular complexity index is 221. The molecule has 0 aliphatic carbocycles. The van der Waals surface area contributed by atoms with Crippen LogP contribution in [0.1, 0.15) is 54.9 Å². The Hall–Kier alpha value is 0.954. The molecule has 0 aromatic heterocycles. The molecule has 1 unspecified atom stereocenters. The molecule has 0 aliphatic heterocycles. The third-order valence-electron chi connectivity index (χ3n) is 3.09. The van der Waals surface area contributed by atoms with E-state index in [0.717, 1.165) is 6.42 Å². The standard InChI is InChI=1S/C13H26.C3H9P.CH3.ClH.Ni/c1-10(12(3,4)5)9-11(2)13(6,7)8;1-4(2)3;;;/h11H,1,9H2,2-8H3;1-3H3;1H3;1H;/q;;-1;;+1. The van der Waals surface area contributed by atoms with Gasteiger partial charge in [0.1, 0.15) is 0 Å². The Morgan fingerprint density at radius 2 is 1.30 bits per heavy atom. The average Bonchev–Trinajstić information content (AvgIpc) is 2.16. The Morgan fingerprint density at radius 3 is 1.45 bits per heavy atom. The van der Waals surface area contributed by atoms with E-state index in [2.05, 4.69) is 99.8 Å². The summed E-state index contributed by atoms with van der Waals surface area (Å²) in [6.45, 7) is 26.9. The van der Waals surface area contributed by atoms with Crippen molar-refractivity contribution in [1.82, 2.24) is 0 Å². The minimum absolute atomic E-state index is 0. The quantitative estimate of drug-likeness (QED) is 0.215. The van der Waals surface area contributed by atoms with Gasteiger partial charge in [-0.15, -0.1) is 0 Å². The third-order valence-corrected chi connectivity index (χ3v) is 3.09. The van der Waals surface area contributed by atoms with E-state index in [1.807, 2.05) is 0 Å². The molecule has 129 valence electrons. The van der Waals surface area contributed by atoms with Crippen LogP contribution in [-0.2, 0) is 14.6 Å². The molecule has 0 heterocycles. The van der Waals surface area contributed by atoms with Crippen molar-refractivity contribution < 1.29 is 14.6 Å². The molecule has 0 rings (SSSR count). The van der Waals surface area contributed by atoms with Gasteiger partial charge in [0, 0.05) is 20.0 Å². The molecule has 3 heteroatoms. The first-order valence-electron chi connectivity index (χ1n) is 6.85. The zero-order valence-electron chi connectivity index (χ0n) is 15.7. The maximum atomic E-state index is 4.26. The van der Waals surface area contributed by atoms with Gasteiger partial charge in [-0.1, -0.05) is 60.6 Å². The van der Waals surface area contributed by atoms with Gasteiger partial charge >= 0.3 is 24.8 Å². The molecular weight excluding hydrogens is 329 g/mol.